The molecule has 2 N–H and O–H groups in total. The molecule has 0 aliphatic rings. The van der Waals surface area contributed by atoms with Crippen LogP contribution in [-0.4, -0.2) is 16.5 Å². The van der Waals surface area contributed by atoms with Crippen molar-refractivity contribution in [3.63, 3.8) is 0 Å². The summed E-state index contributed by atoms with van der Waals surface area (Å²) in [5.74, 6) is -0.195. The van der Waals surface area contributed by atoms with Crippen LogP contribution >= 0.6 is 0 Å². The molecule has 3 nitrogen and oxygen atoms in total. The molecule has 2 aromatic rings. The Balaban J connectivity index is 2.93. The van der Waals surface area contributed by atoms with E-state index >= 15 is 0 Å². The molecule has 0 atom stereocenters. The highest BCUT2D eigenvalue weighted by Gasteiger charge is 2.08. The average molecular weight is 188 g/mol. The van der Waals surface area contributed by atoms with Crippen LogP contribution in [0.5, 0.6) is 11.5 Å². The highest BCUT2D eigenvalue weighted by atomic mass is 16.3. The number of hydrogen-bond acceptors (Lipinski definition) is 3. The fourth-order valence-electron chi connectivity index (χ4n) is 1.45. The predicted molar refractivity (Wildman–Crippen MR) is 52.7 cm³/mol. The number of benzene rings is 2. The third kappa shape index (κ3) is 1.10. The Morgan fingerprint density at radius 1 is 1.07 bits per heavy atom. The van der Waals surface area contributed by atoms with E-state index in [2.05, 4.69) is 0 Å². The van der Waals surface area contributed by atoms with Gasteiger partial charge in [-0.2, -0.15) is 0 Å². The van der Waals surface area contributed by atoms with Gasteiger partial charge in [-0.3, -0.25) is 4.79 Å². The number of hydrogen-bond donors (Lipinski definition) is 2. The number of phenolic OH excluding ortho intramolecular Hbond substituents is 2. The fourth-order valence-corrected chi connectivity index (χ4v) is 1.45. The van der Waals surface area contributed by atoms with Crippen LogP contribution < -0.4 is 0 Å². The lowest BCUT2D eigenvalue weighted by molar-refractivity contribution is 0.112. The van der Waals surface area contributed by atoms with Gasteiger partial charge in [0.25, 0.3) is 0 Å². The van der Waals surface area contributed by atoms with Crippen LogP contribution in [0.3, 0.4) is 0 Å². The van der Waals surface area contributed by atoms with E-state index in [-0.39, 0.29) is 17.1 Å². The Hall–Kier alpha value is -2.03. The van der Waals surface area contributed by atoms with Crippen molar-refractivity contribution in [3.05, 3.63) is 35.9 Å². The van der Waals surface area contributed by atoms with Gasteiger partial charge in [-0.25, -0.2) is 0 Å². The summed E-state index contributed by atoms with van der Waals surface area (Å²) in [5.41, 5.74) is 0.180. The molecule has 2 rings (SSSR count). The summed E-state index contributed by atoms with van der Waals surface area (Å²) in [6.45, 7) is 0. The summed E-state index contributed by atoms with van der Waals surface area (Å²) >= 11 is 0. The molecule has 0 aliphatic carbocycles. The first-order valence-corrected chi connectivity index (χ1v) is 4.13. The van der Waals surface area contributed by atoms with Crippen molar-refractivity contribution in [2.24, 2.45) is 0 Å². The number of aldehydes is 1. The van der Waals surface area contributed by atoms with E-state index in [1.165, 1.54) is 12.1 Å². The maximum absolute atomic E-state index is 10.5. The maximum Gasteiger partial charge on any atom is 0.153 e. The minimum absolute atomic E-state index is 0.0244. The van der Waals surface area contributed by atoms with Gasteiger partial charge in [0, 0.05) is 0 Å². The van der Waals surface area contributed by atoms with E-state index < -0.39 is 0 Å². The smallest absolute Gasteiger partial charge is 0.153 e. The zero-order chi connectivity index (χ0) is 10.1. The lowest BCUT2D eigenvalue weighted by Crippen LogP contribution is -1.83. The molecular formula is C11H8O3. The third-order valence-corrected chi connectivity index (χ3v) is 2.15. The second kappa shape index (κ2) is 3.03. The van der Waals surface area contributed by atoms with E-state index in [9.17, 15) is 15.0 Å². The quantitative estimate of drug-likeness (QED) is 0.673. The number of rotatable bonds is 1. The van der Waals surface area contributed by atoms with Crippen LogP contribution in [0, 0.1) is 0 Å². The van der Waals surface area contributed by atoms with Crippen LogP contribution in [0.2, 0.25) is 0 Å². The van der Waals surface area contributed by atoms with Gasteiger partial charge >= 0.3 is 0 Å². The maximum atomic E-state index is 10.5. The second-order valence-electron chi connectivity index (χ2n) is 3.00. The molecule has 0 fully saturated rings. The first kappa shape index (κ1) is 8.56. The van der Waals surface area contributed by atoms with E-state index in [4.69, 9.17) is 0 Å². The summed E-state index contributed by atoms with van der Waals surface area (Å²) < 4.78 is 0. The molecule has 0 aromatic heterocycles. The van der Waals surface area contributed by atoms with Crippen LogP contribution in [0.1, 0.15) is 10.4 Å². The van der Waals surface area contributed by atoms with Crippen molar-refractivity contribution in [1.82, 2.24) is 0 Å². The van der Waals surface area contributed by atoms with E-state index in [1.807, 2.05) is 0 Å². The number of fused-ring (bicyclic) bond motifs is 1. The average Bonchev–Trinajstić information content (AvgIpc) is 2.18. The molecule has 0 saturated carbocycles. The Kier molecular flexibility index (Phi) is 1.85. The summed E-state index contributed by atoms with van der Waals surface area (Å²) in [6, 6.07) is 8.10. The van der Waals surface area contributed by atoms with Crippen molar-refractivity contribution < 1.29 is 15.0 Å². The van der Waals surface area contributed by atoms with Crippen LogP contribution in [-0.2, 0) is 0 Å². The predicted octanol–water partition coefficient (Wildman–Crippen LogP) is 2.06. The molecule has 0 unspecified atom stereocenters. The number of carbonyl (C=O) groups excluding carboxylic acids is 1. The Labute approximate surface area is 80.2 Å². The first-order chi connectivity index (χ1) is 6.74. The van der Waals surface area contributed by atoms with E-state index in [0.717, 1.165) is 0 Å². The lowest BCUT2D eigenvalue weighted by atomic mass is 10.1. The molecule has 0 amide bonds. The number of aromatic hydroxyl groups is 2. The SMILES string of the molecule is O=Cc1ccc2cccc(O)c2c1O. The topological polar surface area (TPSA) is 57.5 Å². The van der Waals surface area contributed by atoms with Gasteiger partial charge in [0.05, 0.1) is 10.9 Å². The van der Waals surface area contributed by atoms with Gasteiger partial charge in [-0.05, 0) is 17.5 Å². The molecule has 0 bridgehead atoms. The van der Waals surface area contributed by atoms with Gasteiger partial charge in [0.1, 0.15) is 11.5 Å². The van der Waals surface area contributed by atoms with Crippen molar-refractivity contribution in [3.8, 4) is 11.5 Å². The normalized spacial score (nSPS) is 10.3. The Morgan fingerprint density at radius 2 is 1.86 bits per heavy atom. The molecule has 0 spiro atoms. The largest absolute Gasteiger partial charge is 0.507 e. The van der Waals surface area contributed by atoms with Gasteiger partial charge in [0.15, 0.2) is 6.29 Å². The second-order valence-corrected chi connectivity index (χ2v) is 3.00. The number of carbonyl (C=O) groups is 1. The van der Waals surface area contributed by atoms with Gasteiger partial charge < -0.3 is 10.2 Å². The highest BCUT2D eigenvalue weighted by molar-refractivity contribution is 5.99. The molecular weight excluding hydrogens is 180 g/mol. The van der Waals surface area contributed by atoms with E-state index in [1.54, 1.807) is 18.2 Å². The third-order valence-electron chi connectivity index (χ3n) is 2.15. The molecule has 2 aromatic carbocycles. The van der Waals surface area contributed by atoms with Gasteiger partial charge in [-0.1, -0.05) is 18.2 Å². The fraction of sp³-hybridized carbons (Fsp3) is 0. The number of phenols is 2. The zero-order valence-corrected chi connectivity index (χ0v) is 7.27. The standard InChI is InChI=1S/C11H8O3/c12-6-8-5-4-7-2-1-3-9(13)10(7)11(8)14/h1-6,13-14H. The minimum atomic E-state index is -0.171. The van der Waals surface area contributed by atoms with Crippen molar-refractivity contribution in [2.75, 3.05) is 0 Å². The molecule has 0 aliphatic heterocycles. The van der Waals surface area contributed by atoms with Gasteiger partial charge in [0.2, 0.25) is 0 Å². The molecule has 3 heteroatoms. The first-order valence-electron chi connectivity index (χ1n) is 4.13. The van der Waals surface area contributed by atoms with Crippen LogP contribution in [0.15, 0.2) is 30.3 Å². The molecule has 14 heavy (non-hydrogen) atoms. The minimum Gasteiger partial charge on any atom is -0.507 e. The Morgan fingerprint density at radius 3 is 2.57 bits per heavy atom. The molecule has 0 saturated heterocycles. The van der Waals surface area contributed by atoms with Crippen molar-refractivity contribution in [2.45, 2.75) is 0 Å². The monoisotopic (exact) mass is 188 g/mol. The van der Waals surface area contributed by atoms with Gasteiger partial charge in [-0.15, -0.1) is 0 Å². The summed E-state index contributed by atoms with van der Waals surface area (Å²) in [7, 11) is 0. The Bertz CT molecular complexity index is 503. The van der Waals surface area contributed by atoms with Crippen LogP contribution in [0.4, 0.5) is 0 Å². The van der Waals surface area contributed by atoms with Crippen molar-refractivity contribution in [1.29, 1.82) is 0 Å². The summed E-state index contributed by atoms with van der Waals surface area (Å²) in [6.07, 6.45) is 0.557. The molecule has 0 heterocycles. The lowest BCUT2D eigenvalue weighted by Gasteiger charge is -2.04. The van der Waals surface area contributed by atoms with Crippen molar-refractivity contribution >= 4 is 17.1 Å². The molecule has 70 valence electrons. The summed E-state index contributed by atoms with van der Waals surface area (Å²) in [4.78, 5) is 10.5. The summed E-state index contributed by atoms with van der Waals surface area (Å²) in [5, 5.41) is 20.2. The van der Waals surface area contributed by atoms with E-state index in [0.29, 0.717) is 17.1 Å². The zero-order valence-electron chi connectivity index (χ0n) is 7.27. The van der Waals surface area contributed by atoms with Crippen LogP contribution in [0.25, 0.3) is 10.8 Å². The highest BCUT2D eigenvalue weighted by Crippen LogP contribution is 2.34. The molecule has 0 radical (unpaired) electrons.